The minimum atomic E-state index is -0.00450. The largest absolute Gasteiger partial charge is 0.472 e. The van der Waals surface area contributed by atoms with Crippen molar-refractivity contribution >= 4 is 5.91 Å². The molecule has 0 N–H and O–H groups in total. The van der Waals surface area contributed by atoms with Crippen molar-refractivity contribution in [2.75, 3.05) is 26.7 Å². The van der Waals surface area contributed by atoms with E-state index >= 15 is 0 Å². The number of hydrogen-bond acceptors (Lipinski definition) is 4. The van der Waals surface area contributed by atoms with E-state index in [1.54, 1.807) is 23.2 Å². The van der Waals surface area contributed by atoms with Crippen LogP contribution in [-0.4, -0.2) is 59.5 Å². The Kier molecular flexibility index (Phi) is 4.10. The molecule has 3 heterocycles. The second-order valence-electron chi connectivity index (χ2n) is 6.10. The summed E-state index contributed by atoms with van der Waals surface area (Å²) in [5.41, 5.74) is 0.567. The molecule has 114 valence electrons. The van der Waals surface area contributed by atoms with Crippen LogP contribution >= 0.6 is 0 Å². The summed E-state index contributed by atoms with van der Waals surface area (Å²) < 4.78 is 5.99. The molecule has 0 spiro atoms. The Bertz CT molecular complexity index is 520. The topological polar surface area (TPSA) is 45.7 Å². The Labute approximate surface area is 125 Å². The maximum atomic E-state index is 12.3. The third-order valence-corrected chi connectivity index (χ3v) is 4.53. The molecule has 21 heavy (non-hydrogen) atoms. The van der Waals surface area contributed by atoms with Crippen LogP contribution < -0.4 is 4.74 Å². The summed E-state index contributed by atoms with van der Waals surface area (Å²) in [5, 5.41) is 0. The van der Waals surface area contributed by atoms with Crippen molar-refractivity contribution in [1.29, 1.82) is 0 Å². The second-order valence-corrected chi connectivity index (χ2v) is 6.10. The molecule has 1 saturated heterocycles. The van der Waals surface area contributed by atoms with Crippen molar-refractivity contribution in [3.8, 4) is 5.88 Å². The summed E-state index contributed by atoms with van der Waals surface area (Å²) >= 11 is 0. The summed E-state index contributed by atoms with van der Waals surface area (Å²) in [7, 11) is 1.83. The zero-order chi connectivity index (χ0) is 14.8. The number of aromatic nitrogens is 1. The first-order valence-electron chi connectivity index (χ1n) is 7.76. The summed E-state index contributed by atoms with van der Waals surface area (Å²) in [6, 6.07) is 4.23. The minimum absolute atomic E-state index is 0.00450. The van der Waals surface area contributed by atoms with Gasteiger partial charge in [0.1, 0.15) is 11.7 Å². The Balaban J connectivity index is 1.68. The Hall–Kier alpha value is -1.62. The van der Waals surface area contributed by atoms with Gasteiger partial charge in [0.25, 0.3) is 5.91 Å². The van der Waals surface area contributed by atoms with E-state index in [2.05, 4.69) is 16.8 Å². The van der Waals surface area contributed by atoms with Gasteiger partial charge in [0.05, 0.1) is 6.54 Å². The van der Waals surface area contributed by atoms with Gasteiger partial charge in [-0.2, -0.15) is 0 Å². The number of ether oxygens (including phenoxy) is 1. The molecule has 1 aromatic rings. The highest BCUT2D eigenvalue weighted by Gasteiger charge is 2.28. The molecule has 1 amide bonds. The lowest BCUT2D eigenvalue weighted by Crippen LogP contribution is -2.37. The van der Waals surface area contributed by atoms with Gasteiger partial charge in [0, 0.05) is 25.8 Å². The van der Waals surface area contributed by atoms with Crippen molar-refractivity contribution in [2.45, 2.75) is 38.3 Å². The predicted octanol–water partition coefficient (Wildman–Crippen LogP) is 1.79. The van der Waals surface area contributed by atoms with E-state index < -0.39 is 0 Å². The first-order valence-corrected chi connectivity index (χ1v) is 7.76. The van der Waals surface area contributed by atoms with Gasteiger partial charge in [-0.15, -0.1) is 0 Å². The fraction of sp³-hybridized carbons (Fsp3) is 0.625. The highest BCUT2D eigenvalue weighted by molar-refractivity contribution is 5.96. The van der Waals surface area contributed by atoms with E-state index in [9.17, 15) is 4.79 Å². The van der Waals surface area contributed by atoms with Crippen LogP contribution in [0.15, 0.2) is 18.3 Å². The van der Waals surface area contributed by atoms with E-state index in [1.165, 1.54) is 19.4 Å². The first kappa shape index (κ1) is 14.3. The van der Waals surface area contributed by atoms with Gasteiger partial charge in [0.2, 0.25) is 5.88 Å². The lowest BCUT2D eigenvalue weighted by Gasteiger charge is -2.25. The average Bonchev–Trinajstić information content (AvgIpc) is 2.84. The molecule has 1 fully saturated rings. The number of nitrogens with zero attached hydrogens (tertiary/aromatic N) is 3. The molecule has 5 heteroatoms. The Morgan fingerprint density at radius 3 is 3.10 bits per heavy atom. The van der Waals surface area contributed by atoms with Crippen molar-refractivity contribution in [1.82, 2.24) is 14.8 Å². The summed E-state index contributed by atoms with van der Waals surface area (Å²) in [6.45, 7) is 5.11. The molecule has 2 aliphatic rings. The van der Waals surface area contributed by atoms with Gasteiger partial charge in [-0.1, -0.05) is 0 Å². The van der Waals surface area contributed by atoms with E-state index in [0.29, 0.717) is 24.0 Å². The molecule has 1 aromatic heterocycles. The second kappa shape index (κ2) is 6.02. The lowest BCUT2D eigenvalue weighted by molar-refractivity contribution is 0.0742. The number of carbonyl (C=O) groups is 1. The average molecular weight is 289 g/mol. The van der Waals surface area contributed by atoms with E-state index in [0.717, 1.165) is 13.0 Å². The number of carbonyl (C=O) groups excluding carboxylic acids is 1. The minimum Gasteiger partial charge on any atom is -0.472 e. The normalized spacial score (nSPS) is 26.4. The monoisotopic (exact) mass is 289 g/mol. The third kappa shape index (κ3) is 3.02. The van der Waals surface area contributed by atoms with Crippen LogP contribution in [-0.2, 0) is 0 Å². The van der Waals surface area contributed by atoms with Crippen molar-refractivity contribution in [3.63, 3.8) is 0 Å². The van der Waals surface area contributed by atoms with Crippen LogP contribution in [0.5, 0.6) is 5.88 Å². The number of hydrogen-bond donors (Lipinski definition) is 0. The summed E-state index contributed by atoms with van der Waals surface area (Å²) in [4.78, 5) is 20.8. The van der Waals surface area contributed by atoms with E-state index in [-0.39, 0.29) is 12.0 Å². The van der Waals surface area contributed by atoms with Gasteiger partial charge in [-0.05, 0) is 44.9 Å². The number of rotatable bonds is 3. The van der Waals surface area contributed by atoms with Crippen molar-refractivity contribution < 1.29 is 9.53 Å². The van der Waals surface area contributed by atoms with Gasteiger partial charge in [-0.25, -0.2) is 4.98 Å². The van der Waals surface area contributed by atoms with Gasteiger partial charge >= 0.3 is 0 Å². The van der Waals surface area contributed by atoms with Crippen molar-refractivity contribution in [3.05, 3.63) is 23.9 Å². The number of pyridine rings is 1. The molecule has 0 aromatic carbocycles. The summed E-state index contributed by atoms with van der Waals surface area (Å²) in [6.07, 6.45) is 5.20. The van der Waals surface area contributed by atoms with E-state index in [1.807, 2.05) is 7.05 Å². The molecule has 0 bridgehead atoms. The SMILES string of the molecule is CC1CCCN1CCC1CN(C)C(=O)c2cccnc2O1. The molecular formula is C16H23N3O2. The maximum absolute atomic E-state index is 12.3. The molecule has 0 aliphatic carbocycles. The van der Waals surface area contributed by atoms with Crippen LogP contribution in [0, 0.1) is 0 Å². The van der Waals surface area contributed by atoms with Crippen LogP contribution in [0.1, 0.15) is 36.5 Å². The third-order valence-electron chi connectivity index (χ3n) is 4.53. The highest BCUT2D eigenvalue weighted by atomic mass is 16.5. The molecule has 0 radical (unpaired) electrons. The van der Waals surface area contributed by atoms with Gasteiger partial charge < -0.3 is 14.5 Å². The van der Waals surface area contributed by atoms with Crippen LogP contribution in [0.2, 0.25) is 0 Å². The molecule has 2 unspecified atom stereocenters. The van der Waals surface area contributed by atoms with Crippen LogP contribution in [0.4, 0.5) is 0 Å². The quantitative estimate of drug-likeness (QED) is 0.851. The summed E-state index contributed by atoms with van der Waals surface area (Å²) in [5.74, 6) is 0.474. The fourth-order valence-corrected chi connectivity index (χ4v) is 3.22. The molecule has 3 rings (SSSR count). The number of likely N-dealkylation sites (tertiary alicyclic amines) is 1. The zero-order valence-electron chi connectivity index (χ0n) is 12.8. The maximum Gasteiger partial charge on any atom is 0.259 e. The zero-order valence-corrected chi connectivity index (χ0v) is 12.8. The van der Waals surface area contributed by atoms with E-state index in [4.69, 9.17) is 4.74 Å². The highest BCUT2D eigenvalue weighted by Crippen LogP contribution is 2.23. The van der Waals surface area contributed by atoms with Gasteiger partial charge in [0.15, 0.2) is 0 Å². The molecular weight excluding hydrogens is 266 g/mol. The van der Waals surface area contributed by atoms with Gasteiger partial charge in [-0.3, -0.25) is 4.79 Å². The van der Waals surface area contributed by atoms with Crippen LogP contribution in [0.25, 0.3) is 0 Å². The number of fused-ring (bicyclic) bond motifs is 1. The van der Waals surface area contributed by atoms with Crippen LogP contribution in [0.3, 0.4) is 0 Å². The number of likely N-dealkylation sites (N-methyl/N-ethyl adjacent to an activating group) is 1. The Morgan fingerprint density at radius 1 is 1.48 bits per heavy atom. The molecule has 0 saturated carbocycles. The standard InChI is InChI=1S/C16H23N3O2/c1-12-5-4-9-19(12)10-7-13-11-18(2)16(20)14-6-3-8-17-15(14)21-13/h3,6,8,12-13H,4-5,7,9-11H2,1-2H3. The Morgan fingerprint density at radius 2 is 2.33 bits per heavy atom. The lowest BCUT2D eigenvalue weighted by atomic mass is 10.2. The smallest absolute Gasteiger partial charge is 0.259 e. The predicted molar refractivity (Wildman–Crippen MR) is 80.5 cm³/mol. The molecule has 2 atom stereocenters. The molecule has 5 nitrogen and oxygen atoms in total. The molecule has 2 aliphatic heterocycles. The fourth-order valence-electron chi connectivity index (χ4n) is 3.22. The van der Waals surface area contributed by atoms with Crippen molar-refractivity contribution in [2.24, 2.45) is 0 Å². The first-order chi connectivity index (χ1) is 10.1. The number of amides is 1.